The van der Waals surface area contributed by atoms with E-state index in [1.54, 1.807) is 0 Å². The Balaban J connectivity index is 3.13. The second-order valence-electron chi connectivity index (χ2n) is 3.78. The maximum Gasteiger partial charge on any atom is 0.180 e. The lowest BCUT2D eigenvalue weighted by Gasteiger charge is -2.16. The van der Waals surface area contributed by atoms with Crippen LogP contribution in [-0.4, -0.2) is 4.98 Å². The van der Waals surface area contributed by atoms with E-state index in [-0.39, 0.29) is 5.41 Å². The Hall–Kier alpha value is -0.610. The molecule has 1 aromatic rings. The number of rotatable bonds is 1. The van der Waals surface area contributed by atoms with Gasteiger partial charge in [-0.05, 0) is 0 Å². The molecule has 4 heteroatoms. The average Bonchev–Trinajstić information content (AvgIpc) is 2.29. The van der Waals surface area contributed by atoms with Crippen LogP contribution in [0, 0.1) is 0 Å². The lowest BCUT2D eigenvalue weighted by Crippen LogP contribution is -2.15. The molecule has 0 amide bonds. The summed E-state index contributed by atoms with van der Waals surface area (Å²) in [5.74, 6) is 0. The fourth-order valence-corrected chi connectivity index (χ4v) is 2.02. The smallest absolute Gasteiger partial charge is 0.180 e. The van der Waals surface area contributed by atoms with Crippen molar-refractivity contribution in [2.45, 2.75) is 32.7 Å². The Labute approximate surface area is 76.8 Å². The van der Waals surface area contributed by atoms with Crippen molar-refractivity contribution in [2.75, 3.05) is 5.73 Å². The zero-order valence-corrected chi connectivity index (χ0v) is 8.53. The van der Waals surface area contributed by atoms with Gasteiger partial charge < -0.3 is 11.5 Å². The molecule has 0 radical (unpaired) electrons. The molecule has 0 saturated carbocycles. The lowest BCUT2D eigenvalue weighted by atomic mass is 9.91. The number of thiazole rings is 1. The Morgan fingerprint density at radius 3 is 2.33 bits per heavy atom. The molecule has 0 unspecified atom stereocenters. The molecule has 0 aliphatic heterocycles. The van der Waals surface area contributed by atoms with E-state index in [0.29, 0.717) is 11.7 Å². The van der Waals surface area contributed by atoms with Crippen LogP contribution in [0.3, 0.4) is 0 Å². The first-order chi connectivity index (χ1) is 5.45. The lowest BCUT2D eigenvalue weighted by molar-refractivity contribution is 0.567. The van der Waals surface area contributed by atoms with E-state index in [1.807, 2.05) is 0 Å². The van der Waals surface area contributed by atoms with Gasteiger partial charge in [0, 0.05) is 16.8 Å². The van der Waals surface area contributed by atoms with Crippen molar-refractivity contribution in [1.29, 1.82) is 0 Å². The number of anilines is 1. The zero-order valence-electron chi connectivity index (χ0n) is 7.72. The Morgan fingerprint density at radius 1 is 1.42 bits per heavy atom. The fraction of sp³-hybridized carbons (Fsp3) is 0.625. The Kier molecular flexibility index (Phi) is 2.39. The molecule has 1 rings (SSSR count). The van der Waals surface area contributed by atoms with Gasteiger partial charge in [0.25, 0.3) is 0 Å². The van der Waals surface area contributed by atoms with Gasteiger partial charge in [0.2, 0.25) is 0 Å². The molecule has 3 nitrogen and oxygen atoms in total. The van der Waals surface area contributed by atoms with Crippen molar-refractivity contribution >= 4 is 16.5 Å². The molecule has 0 spiro atoms. The summed E-state index contributed by atoms with van der Waals surface area (Å²) in [4.78, 5) is 5.37. The Morgan fingerprint density at radius 2 is 2.00 bits per heavy atom. The predicted molar refractivity (Wildman–Crippen MR) is 53.1 cm³/mol. The van der Waals surface area contributed by atoms with Crippen LogP contribution in [0.5, 0.6) is 0 Å². The highest BCUT2D eigenvalue weighted by atomic mass is 32.1. The number of aromatic nitrogens is 1. The van der Waals surface area contributed by atoms with Gasteiger partial charge in [-0.1, -0.05) is 20.8 Å². The molecular weight excluding hydrogens is 170 g/mol. The Bertz CT molecular complexity index is 272. The molecule has 68 valence electrons. The predicted octanol–water partition coefficient (Wildman–Crippen LogP) is 1.48. The van der Waals surface area contributed by atoms with Crippen LogP contribution in [0.15, 0.2) is 0 Å². The molecule has 0 aliphatic rings. The second-order valence-corrected chi connectivity index (χ2v) is 4.89. The van der Waals surface area contributed by atoms with Crippen molar-refractivity contribution in [2.24, 2.45) is 5.73 Å². The van der Waals surface area contributed by atoms with Gasteiger partial charge in [0.05, 0.1) is 5.69 Å². The summed E-state index contributed by atoms with van der Waals surface area (Å²) in [5, 5.41) is 0.611. The summed E-state index contributed by atoms with van der Waals surface area (Å²) in [5.41, 5.74) is 12.3. The SMILES string of the molecule is CC(C)(C)c1nc(N)sc1CN. The van der Waals surface area contributed by atoms with Crippen molar-refractivity contribution < 1.29 is 0 Å². The van der Waals surface area contributed by atoms with Crippen molar-refractivity contribution in [3.05, 3.63) is 10.6 Å². The van der Waals surface area contributed by atoms with Crippen LogP contribution >= 0.6 is 11.3 Å². The number of nitrogen functional groups attached to an aromatic ring is 1. The quantitative estimate of drug-likeness (QED) is 0.696. The normalized spacial score (nSPS) is 12.0. The third-order valence-electron chi connectivity index (χ3n) is 1.61. The molecule has 0 atom stereocenters. The number of hydrogen-bond donors (Lipinski definition) is 2. The molecule has 0 fully saturated rings. The van der Waals surface area contributed by atoms with Crippen LogP contribution in [0.2, 0.25) is 0 Å². The van der Waals surface area contributed by atoms with Gasteiger partial charge in [-0.25, -0.2) is 4.98 Å². The van der Waals surface area contributed by atoms with Crippen molar-refractivity contribution in [1.82, 2.24) is 4.98 Å². The van der Waals surface area contributed by atoms with E-state index >= 15 is 0 Å². The summed E-state index contributed by atoms with van der Waals surface area (Å²) in [6, 6.07) is 0. The fourth-order valence-electron chi connectivity index (χ4n) is 1.09. The van der Waals surface area contributed by atoms with Crippen LogP contribution in [-0.2, 0) is 12.0 Å². The summed E-state index contributed by atoms with van der Waals surface area (Å²) < 4.78 is 0. The topological polar surface area (TPSA) is 64.9 Å². The van der Waals surface area contributed by atoms with Gasteiger partial charge in [0.15, 0.2) is 5.13 Å². The number of nitrogens with zero attached hydrogens (tertiary/aromatic N) is 1. The highest BCUT2D eigenvalue weighted by molar-refractivity contribution is 7.15. The minimum Gasteiger partial charge on any atom is -0.375 e. The number of hydrogen-bond acceptors (Lipinski definition) is 4. The highest BCUT2D eigenvalue weighted by Gasteiger charge is 2.21. The summed E-state index contributed by atoms with van der Waals surface area (Å²) in [6.45, 7) is 6.86. The van der Waals surface area contributed by atoms with E-state index in [2.05, 4.69) is 25.8 Å². The molecule has 0 aliphatic carbocycles. The maximum atomic E-state index is 5.60. The molecule has 12 heavy (non-hydrogen) atoms. The third kappa shape index (κ3) is 1.76. The maximum absolute atomic E-state index is 5.60. The van der Waals surface area contributed by atoms with Crippen LogP contribution < -0.4 is 11.5 Å². The van der Waals surface area contributed by atoms with Gasteiger partial charge in [-0.2, -0.15) is 0 Å². The molecule has 1 heterocycles. The van der Waals surface area contributed by atoms with Crippen LogP contribution in [0.4, 0.5) is 5.13 Å². The standard InChI is InChI=1S/C8H15N3S/c1-8(2,3)6-5(4-9)12-7(10)11-6/h4,9H2,1-3H3,(H2,10,11). The second kappa shape index (κ2) is 3.03. The van der Waals surface area contributed by atoms with Gasteiger partial charge in [0.1, 0.15) is 0 Å². The van der Waals surface area contributed by atoms with Gasteiger partial charge >= 0.3 is 0 Å². The van der Waals surface area contributed by atoms with Gasteiger partial charge in [-0.15, -0.1) is 11.3 Å². The average molecular weight is 185 g/mol. The van der Waals surface area contributed by atoms with Crippen molar-refractivity contribution in [3.63, 3.8) is 0 Å². The van der Waals surface area contributed by atoms with Crippen LogP contribution in [0.1, 0.15) is 31.3 Å². The third-order valence-corrected chi connectivity index (χ3v) is 2.52. The minimum atomic E-state index is 0.0445. The monoisotopic (exact) mass is 185 g/mol. The van der Waals surface area contributed by atoms with Gasteiger partial charge in [-0.3, -0.25) is 0 Å². The molecule has 0 bridgehead atoms. The van der Waals surface area contributed by atoms with E-state index < -0.39 is 0 Å². The highest BCUT2D eigenvalue weighted by Crippen LogP contribution is 2.30. The largest absolute Gasteiger partial charge is 0.375 e. The van der Waals surface area contributed by atoms with E-state index in [1.165, 1.54) is 11.3 Å². The first-order valence-corrected chi connectivity index (χ1v) is 4.72. The molecular formula is C8H15N3S. The van der Waals surface area contributed by atoms with Crippen molar-refractivity contribution in [3.8, 4) is 0 Å². The summed E-state index contributed by atoms with van der Waals surface area (Å²) >= 11 is 1.48. The number of nitrogens with two attached hydrogens (primary N) is 2. The first-order valence-electron chi connectivity index (χ1n) is 3.91. The molecule has 0 saturated heterocycles. The summed E-state index contributed by atoms with van der Waals surface area (Å²) in [6.07, 6.45) is 0. The first kappa shape index (κ1) is 9.48. The molecule has 4 N–H and O–H groups in total. The minimum absolute atomic E-state index is 0.0445. The summed E-state index contributed by atoms with van der Waals surface area (Å²) in [7, 11) is 0. The molecule has 0 aromatic carbocycles. The van der Waals surface area contributed by atoms with E-state index in [9.17, 15) is 0 Å². The van der Waals surface area contributed by atoms with E-state index in [0.717, 1.165) is 10.6 Å². The molecule has 1 aromatic heterocycles. The zero-order chi connectivity index (χ0) is 9.35. The van der Waals surface area contributed by atoms with Crippen LogP contribution in [0.25, 0.3) is 0 Å². The van der Waals surface area contributed by atoms with E-state index in [4.69, 9.17) is 11.5 Å².